The number of ether oxygens (including phenoxy) is 1. The number of nitrogens with one attached hydrogen (secondary N) is 2. The van der Waals surface area contributed by atoms with E-state index in [2.05, 4.69) is 20.3 Å². The number of fused-ring (bicyclic) bond motifs is 1. The van der Waals surface area contributed by atoms with Crippen LogP contribution in [0.25, 0.3) is 11.0 Å². The zero-order chi connectivity index (χ0) is 23.0. The Morgan fingerprint density at radius 3 is 2.55 bits per heavy atom. The van der Waals surface area contributed by atoms with Gasteiger partial charge in [0, 0.05) is 24.2 Å². The largest absolute Gasteiger partial charge is 0.496 e. The molecular weight excluding hydrogens is 416 g/mol. The molecule has 0 saturated carbocycles. The van der Waals surface area contributed by atoms with Crippen molar-refractivity contribution in [2.75, 3.05) is 7.11 Å². The van der Waals surface area contributed by atoms with Crippen LogP contribution in [0.15, 0.2) is 30.5 Å². The molecule has 2 aromatic heterocycles. The summed E-state index contributed by atoms with van der Waals surface area (Å²) < 4.78 is 60.8. The van der Waals surface area contributed by atoms with Crippen molar-refractivity contribution in [2.45, 2.75) is 51.1 Å². The monoisotopic (exact) mass is 440 g/mol. The lowest BCUT2D eigenvalue weighted by molar-refractivity contribution is -0.280. The summed E-state index contributed by atoms with van der Waals surface area (Å²) in [7, 11) is 1.35. The zero-order valence-corrected chi connectivity index (χ0v) is 17.6. The smallest absolute Gasteiger partial charge is 0.431 e. The maximum Gasteiger partial charge on any atom is 0.431 e. The average Bonchev–Trinajstić information content (AvgIpc) is 3.07. The molecule has 0 radical (unpaired) electrons. The first-order chi connectivity index (χ1) is 14.3. The fraction of sp³-hybridized carbons (Fsp3) is 0.429. The molecule has 1 unspecified atom stereocenters. The molecule has 2 heterocycles. The number of H-pyrrole nitrogens is 1. The van der Waals surface area contributed by atoms with E-state index in [1.165, 1.54) is 33.2 Å². The number of aromatic nitrogens is 3. The van der Waals surface area contributed by atoms with Gasteiger partial charge in [-0.25, -0.2) is 14.4 Å². The molecule has 0 aliphatic heterocycles. The summed E-state index contributed by atoms with van der Waals surface area (Å²) in [5, 5.41) is 12.9. The van der Waals surface area contributed by atoms with E-state index < -0.39 is 29.6 Å². The molecule has 0 amide bonds. The van der Waals surface area contributed by atoms with Gasteiger partial charge in [0.2, 0.25) is 5.72 Å². The molecular formula is C21H24F4N4O2. The van der Waals surface area contributed by atoms with Crippen molar-refractivity contribution >= 4 is 11.0 Å². The van der Waals surface area contributed by atoms with Crippen LogP contribution in [0.5, 0.6) is 5.75 Å². The Bertz CT molecular complexity index is 1080. The maximum absolute atomic E-state index is 13.9. The standard InChI is InChI=1S/C21H24F4N4O2/c1-12-26-10-17-16(28-12)8-14(29-17)9-27-20(30,21(23,24)25)11-19(2,3)15-7-13(22)5-6-18(15)31-4/h5-8,10,27,29-30H,9,11H2,1-4H3. The molecule has 0 fully saturated rings. The van der Waals surface area contributed by atoms with E-state index >= 15 is 0 Å². The van der Waals surface area contributed by atoms with Crippen molar-refractivity contribution in [1.29, 1.82) is 0 Å². The topological polar surface area (TPSA) is 83.1 Å². The van der Waals surface area contributed by atoms with Gasteiger partial charge in [0.25, 0.3) is 0 Å². The minimum atomic E-state index is -4.99. The molecule has 0 saturated heterocycles. The van der Waals surface area contributed by atoms with Gasteiger partial charge >= 0.3 is 6.18 Å². The molecule has 1 aromatic carbocycles. The molecule has 3 rings (SSSR count). The van der Waals surface area contributed by atoms with Crippen LogP contribution in [0.2, 0.25) is 0 Å². The molecule has 168 valence electrons. The normalized spacial score (nSPS) is 14.6. The summed E-state index contributed by atoms with van der Waals surface area (Å²) in [6.07, 6.45) is -4.23. The molecule has 0 aliphatic rings. The van der Waals surface area contributed by atoms with Crippen LogP contribution in [0.3, 0.4) is 0 Å². The number of hydrogen-bond donors (Lipinski definition) is 3. The van der Waals surface area contributed by atoms with Gasteiger partial charge in [0.15, 0.2) is 0 Å². The highest BCUT2D eigenvalue weighted by atomic mass is 19.4. The molecule has 1 atom stereocenters. The lowest BCUT2D eigenvalue weighted by atomic mass is 9.77. The highest BCUT2D eigenvalue weighted by molar-refractivity contribution is 5.74. The Hall–Kier alpha value is -2.72. The Morgan fingerprint density at radius 1 is 1.19 bits per heavy atom. The summed E-state index contributed by atoms with van der Waals surface area (Å²) in [5.74, 6) is 0.158. The highest BCUT2D eigenvalue weighted by Gasteiger charge is 2.56. The number of alkyl halides is 3. The molecule has 31 heavy (non-hydrogen) atoms. The van der Waals surface area contributed by atoms with E-state index in [9.17, 15) is 22.7 Å². The second-order valence-corrected chi connectivity index (χ2v) is 8.13. The van der Waals surface area contributed by atoms with Crippen molar-refractivity contribution in [2.24, 2.45) is 0 Å². The Morgan fingerprint density at radius 2 is 1.90 bits per heavy atom. The van der Waals surface area contributed by atoms with Crippen molar-refractivity contribution < 1.29 is 27.4 Å². The molecule has 0 spiro atoms. The average molecular weight is 440 g/mol. The van der Waals surface area contributed by atoms with Crippen LogP contribution in [-0.4, -0.2) is 39.1 Å². The predicted octanol–water partition coefficient (Wildman–Crippen LogP) is 4.12. The fourth-order valence-corrected chi connectivity index (χ4v) is 3.61. The number of aliphatic hydroxyl groups is 1. The van der Waals surface area contributed by atoms with E-state index in [4.69, 9.17) is 4.74 Å². The first-order valence-corrected chi connectivity index (χ1v) is 9.54. The second kappa shape index (κ2) is 8.08. The summed E-state index contributed by atoms with van der Waals surface area (Å²) in [4.78, 5) is 11.2. The summed E-state index contributed by atoms with van der Waals surface area (Å²) in [5.41, 5.74) is -2.78. The number of benzene rings is 1. The van der Waals surface area contributed by atoms with Gasteiger partial charge in [-0.1, -0.05) is 13.8 Å². The van der Waals surface area contributed by atoms with Gasteiger partial charge in [0.1, 0.15) is 17.4 Å². The summed E-state index contributed by atoms with van der Waals surface area (Å²) in [6, 6.07) is 5.22. The van der Waals surface area contributed by atoms with E-state index in [-0.39, 0.29) is 17.9 Å². The Kier molecular flexibility index (Phi) is 5.98. The predicted molar refractivity (Wildman–Crippen MR) is 107 cm³/mol. The van der Waals surface area contributed by atoms with E-state index in [0.29, 0.717) is 22.6 Å². The lowest BCUT2D eigenvalue weighted by Crippen LogP contribution is -2.59. The van der Waals surface area contributed by atoms with Crippen LogP contribution in [0, 0.1) is 12.7 Å². The molecule has 3 aromatic rings. The van der Waals surface area contributed by atoms with Crippen LogP contribution >= 0.6 is 0 Å². The maximum atomic E-state index is 13.9. The van der Waals surface area contributed by atoms with Crippen molar-refractivity contribution in [3.63, 3.8) is 0 Å². The molecule has 3 N–H and O–H groups in total. The van der Waals surface area contributed by atoms with Crippen LogP contribution in [0.4, 0.5) is 17.6 Å². The lowest BCUT2D eigenvalue weighted by Gasteiger charge is -2.38. The zero-order valence-electron chi connectivity index (χ0n) is 17.6. The number of rotatable bonds is 7. The van der Waals surface area contributed by atoms with Gasteiger partial charge in [0.05, 0.1) is 24.3 Å². The van der Waals surface area contributed by atoms with Crippen LogP contribution in [-0.2, 0) is 12.0 Å². The third-order valence-corrected chi connectivity index (χ3v) is 5.17. The first-order valence-electron chi connectivity index (χ1n) is 9.54. The number of methoxy groups -OCH3 is 1. The van der Waals surface area contributed by atoms with Gasteiger partial charge < -0.3 is 14.8 Å². The van der Waals surface area contributed by atoms with Crippen LogP contribution in [0.1, 0.15) is 37.4 Å². The summed E-state index contributed by atoms with van der Waals surface area (Å²) in [6.45, 7) is 4.38. The minimum absolute atomic E-state index is 0.218. The second-order valence-electron chi connectivity index (χ2n) is 8.13. The van der Waals surface area contributed by atoms with E-state index in [0.717, 1.165) is 12.1 Å². The molecule has 10 heteroatoms. The number of aryl methyl sites for hydroxylation is 1. The number of halogens is 4. The Labute approximate surface area is 176 Å². The van der Waals surface area contributed by atoms with Gasteiger partial charge in [-0.05, 0) is 36.6 Å². The van der Waals surface area contributed by atoms with Crippen molar-refractivity contribution in [1.82, 2.24) is 20.3 Å². The number of hydrogen-bond acceptors (Lipinski definition) is 5. The Balaban J connectivity index is 1.88. The number of aromatic amines is 1. The van der Waals surface area contributed by atoms with Crippen molar-refractivity contribution in [3.05, 3.63) is 53.4 Å². The quantitative estimate of drug-likeness (QED) is 0.380. The minimum Gasteiger partial charge on any atom is -0.496 e. The first kappa shape index (κ1) is 23.0. The molecule has 6 nitrogen and oxygen atoms in total. The molecule has 0 bridgehead atoms. The van der Waals surface area contributed by atoms with E-state index in [1.807, 2.05) is 0 Å². The van der Waals surface area contributed by atoms with Gasteiger partial charge in [-0.3, -0.25) is 5.32 Å². The van der Waals surface area contributed by atoms with Crippen molar-refractivity contribution in [3.8, 4) is 5.75 Å². The fourth-order valence-electron chi connectivity index (χ4n) is 3.61. The third kappa shape index (κ3) is 4.80. The van der Waals surface area contributed by atoms with E-state index in [1.54, 1.807) is 13.0 Å². The third-order valence-electron chi connectivity index (χ3n) is 5.17. The summed E-state index contributed by atoms with van der Waals surface area (Å²) >= 11 is 0. The highest BCUT2D eigenvalue weighted by Crippen LogP contribution is 2.42. The van der Waals surface area contributed by atoms with Crippen LogP contribution < -0.4 is 10.1 Å². The number of nitrogens with zero attached hydrogens (tertiary/aromatic N) is 2. The van der Waals surface area contributed by atoms with Gasteiger partial charge in [-0.2, -0.15) is 13.2 Å². The molecule has 0 aliphatic carbocycles. The SMILES string of the molecule is COc1ccc(F)cc1C(C)(C)CC(O)(NCc1cc2nc(C)ncc2[nH]1)C(F)(F)F. The van der Waals surface area contributed by atoms with Gasteiger partial charge in [-0.15, -0.1) is 0 Å².